The van der Waals surface area contributed by atoms with Crippen molar-refractivity contribution in [3.05, 3.63) is 24.3 Å². The van der Waals surface area contributed by atoms with Crippen LogP contribution >= 0.6 is 0 Å². The Balaban J connectivity index is 2.21. The molecule has 0 saturated carbocycles. The Labute approximate surface area is 93.3 Å². The van der Waals surface area contributed by atoms with Crippen LogP contribution in [0.4, 0.5) is 18.6 Å². The Kier molecular flexibility index (Phi) is 3.12. The fraction of sp³-hybridized carbons (Fsp3) is 0.455. The van der Waals surface area contributed by atoms with Crippen molar-refractivity contribution in [3.8, 4) is 0 Å². The molecule has 5 heteroatoms. The van der Waals surface area contributed by atoms with Crippen LogP contribution in [0.1, 0.15) is 19.3 Å². The van der Waals surface area contributed by atoms with E-state index in [2.05, 4.69) is 0 Å². The van der Waals surface area contributed by atoms with E-state index in [9.17, 15) is 12.9 Å². The van der Waals surface area contributed by atoms with Gasteiger partial charge in [-0.15, -0.1) is 5.46 Å². The van der Waals surface area contributed by atoms with Crippen molar-refractivity contribution in [1.29, 1.82) is 0 Å². The van der Waals surface area contributed by atoms with Crippen LogP contribution in [-0.4, -0.2) is 20.1 Å². The molecule has 1 aromatic carbocycles. The summed E-state index contributed by atoms with van der Waals surface area (Å²) in [5.74, 6) is 0. The Morgan fingerprint density at radius 1 is 1.00 bits per heavy atom. The Bertz CT molecular complexity index is 358. The average molecular weight is 228 g/mol. The van der Waals surface area contributed by atoms with Crippen LogP contribution in [0.25, 0.3) is 0 Å². The molecule has 2 rings (SSSR count). The molecule has 88 valence electrons. The summed E-state index contributed by atoms with van der Waals surface area (Å²) in [5.41, 5.74) is 0.208. The van der Waals surface area contributed by atoms with Gasteiger partial charge < -0.3 is 17.8 Å². The predicted octanol–water partition coefficient (Wildman–Crippen LogP) is 2.73. The normalized spacial score (nSPS) is 17.6. The smallest absolute Gasteiger partial charge is 0.445 e. The third-order valence-electron chi connectivity index (χ3n) is 2.97. The second kappa shape index (κ2) is 4.40. The Morgan fingerprint density at radius 2 is 1.69 bits per heavy atom. The van der Waals surface area contributed by atoms with Crippen LogP contribution in [0.15, 0.2) is 24.3 Å². The summed E-state index contributed by atoms with van der Waals surface area (Å²) in [5, 5.41) is 0. The lowest BCUT2D eigenvalue weighted by molar-refractivity contribution is 0.501. The molecule has 0 bridgehead atoms. The van der Waals surface area contributed by atoms with E-state index < -0.39 is 12.4 Å². The molecule has 0 unspecified atom stereocenters. The summed E-state index contributed by atoms with van der Waals surface area (Å²) in [7, 11) is 0. The quantitative estimate of drug-likeness (QED) is 0.703. The number of halogens is 3. The van der Waals surface area contributed by atoms with E-state index in [4.69, 9.17) is 0 Å². The van der Waals surface area contributed by atoms with Gasteiger partial charge in [0.05, 0.1) is 0 Å². The average Bonchev–Trinajstić information content (AvgIpc) is 2.29. The van der Waals surface area contributed by atoms with Gasteiger partial charge in [0, 0.05) is 18.8 Å². The number of hydrogen-bond donors (Lipinski definition) is 0. The molecule has 0 N–H and O–H groups in total. The van der Waals surface area contributed by atoms with E-state index in [1.165, 1.54) is 18.6 Å². The molecule has 1 aromatic rings. The van der Waals surface area contributed by atoms with Crippen molar-refractivity contribution >= 4 is 18.1 Å². The zero-order valence-electron chi connectivity index (χ0n) is 9.00. The van der Waals surface area contributed by atoms with Crippen LogP contribution in [0, 0.1) is 0 Å². The molecule has 0 amide bonds. The fourth-order valence-electron chi connectivity index (χ4n) is 2.08. The topological polar surface area (TPSA) is 3.24 Å². The van der Waals surface area contributed by atoms with Gasteiger partial charge in [0.25, 0.3) is 0 Å². The third kappa shape index (κ3) is 2.51. The molecular weight excluding hydrogens is 214 g/mol. The molecule has 0 aromatic heterocycles. The van der Waals surface area contributed by atoms with Crippen LogP contribution in [0.2, 0.25) is 0 Å². The summed E-state index contributed by atoms with van der Waals surface area (Å²) in [6.45, 7) is -3.14. The van der Waals surface area contributed by atoms with Crippen LogP contribution < -0.4 is 10.4 Å². The highest BCUT2D eigenvalue weighted by Crippen LogP contribution is 2.20. The highest BCUT2D eigenvalue weighted by atomic mass is 19.4. The van der Waals surface area contributed by atoms with E-state index in [0.717, 1.165) is 32.0 Å². The molecule has 1 aliphatic rings. The van der Waals surface area contributed by atoms with Crippen LogP contribution in [-0.2, 0) is 0 Å². The molecule has 1 aliphatic heterocycles. The lowest BCUT2D eigenvalue weighted by Crippen LogP contribution is -2.36. The first-order valence-corrected chi connectivity index (χ1v) is 5.62. The first kappa shape index (κ1) is 11.4. The van der Waals surface area contributed by atoms with E-state index in [1.54, 1.807) is 6.07 Å². The van der Waals surface area contributed by atoms with Gasteiger partial charge in [-0.05, 0) is 25.3 Å². The van der Waals surface area contributed by atoms with E-state index in [-0.39, 0.29) is 0 Å². The number of benzene rings is 1. The summed E-state index contributed by atoms with van der Waals surface area (Å²) in [4.78, 5) is 2.04. The van der Waals surface area contributed by atoms with E-state index in [0.29, 0.717) is 5.69 Å². The van der Waals surface area contributed by atoms with Crippen molar-refractivity contribution in [1.82, 2.24) is 0 Å². The Hall–Kier alpha value is -1.13. The molecule has 0 spiro atoms. The standard InChI is InChI=1S/C11H14BF3N/c13-12(14,15)10-5-4-6-11(9-10)16-7-2-1-3-8-16/h4-6,9H,1-3,7-8H2/q-1. The molecule has 1 nitrogen and oxygen atoms in total. The molecule has 0 radical (unpaired) electrons. The van der Waals surface area contributed by atoms with Crippen molar-refractivity contribution in [2.45, 2.75) is 19.3 Å². The highest BCUT2D eigenvalue weighted by molar-refractivity contribution is 6.73. The molecule has 0 atom stereocenters. The highest BCUT2D eigenvalue weighted by Gasteiger charge is 2.26. The van der Waals surface area contributed by atoms with E-state index >= 15 is 0 Å². The second-order valence-electron chi connectivity index (χ2n) is 4.22. The van der Waals surface area contributed by atoms with Gasteiger partial charge >= 0.3 is 6.98 Å². The zero-order chi connectivity index (χ0) is 11.6. The van der Waals surface area contributed by atoms with Crippen LogP contribution in [0.5, 0.6) is 0 Å². The lowest BCUT2D eigenvalue weighted by atomic mass is 9.80. The van der Waals surface area contributed by atoms with Gasteiger partial charge in [-0.2, -0.15) is 0 Å². The van der Waals surface area contributed by atoms with Crippen molar-refractivity contribution in [2.75, 3.05) is 18.0 Å². The first-order chi connectivity index (χ1) is 7.57. The number of piperidine rings is 1. The molecule has 1 heterocycles. The summed E-state index contributed by atoms with van der Waals surface area (Å²) in [6, 6.07) is 5.67. The van der Waals surface area contributed by atoms with Crippen molar-refractivity contribution < 1.29 is 12.9 Å². The first-order valence-electron chi connectivity index (χ1n) is 5.62. The van der Waals surface area contributed by atoms with Crippen molar-refractivity contribution in [2.24, 2.45) is 0 Å². The molecule has 16 heavy (non-hydrogen) atoms. The fourth-order valence-corrected chi connectivity index (χ4v) is 2.08. The van der Waals surface area contributed by atoms with E-state index in [1.807, 2.05) is 4.90 Å². The predicted molar refractivity (Wildman–Crippen MR) is 61.2 cm³/mol. The monoisotopic (exact) mass is 228 g/mol. The maximum atomic E-state index is 12.6. The summed E-state index contributed by atoms with van der Waals surface area (Å²) < 4.78 is 37.7. The lowest BCUT2D eigenvalue weighted by Gasteiger charge is -2.30. The number of hydrogen-bond acceptors (Lipinski definition) is 1. The molecule has 1 saturated heterocycles. The third-order valence-corrected chi connectivity index (χ3v) is 2.97. The molecular formula is C11H14BF3N-. The number of rotatable bonds is 2. The van der Waals surface area contributed by atoms with Gasteiger partial charge in [0.15, 0.2) is 0 Å². The maximum Gasteiger partial charge on any atom is 0.509 e. The zero-order valence-corrected chi connectivity index (χ0v) is 9.00. The second-order valence-corrected chi connectivity index (χ2v) is 4.22. The van der Waals surface area contributed by atoms with Gasteiger partial charge in [-0.25, -0.2) is 0 Å². The summed E-state index contributed by atoms with van der Waals surface area (Å²) in [6.07, 6.45) is 3.32. The van der Waals surface area contributed by atoms with Gasteiger partial charge in [0.2, 0.25) is 0 Å². The minimum atomic E-state index is -4.88. The maximum absolute atomic E-state index is 12.6. The minimum absolute atomic E-state index is 0.497. The SMILES string of the molecule is F[B-](F)(F)c1cccc(N2CCCCC2)c1. The minimum Gasteiger partial charge on any atom is -0.445 e. The number of anilines is 1. The van der Waals surface area contributed by atoms with Gasteiger partial charge in [0.1, 0.15) is 0 Å². The van der Waals surface area contributed by atoms with Crippen LogP contribution in [0.3, 0.4) is 0 Å². The number of nitrogens with zero attached hydrogens (tertiary/aromatic N) is 1. The molecule has 0 aliphatic carbocycles. The van der Waals surface area contributed by atoms with Crippen molar-refractivity contribution in [3.63, 3.8) is 0 Å². The van der Waals surface area contributed by atoms with Gasteiger partial charge in [-0.3, -0.25) is 0 Å². The Morgan fingerprint density at radius 3 is 2.31 bits per heavy atom. The summed E-state index contributed by atoms with van der Waals surface area (Å²) >= 11 is 0. The molecule has 1 fully saturated rings. The largest absolute Gasteiger partial charge is 0.509 e. The van der Waals surface area contributed by atoms with Gasteiger partial charge in [-0.1, -0.05) is 18.2 Å².